The second kappa shape index (κ2) is 8.82. The Labute approximate surface area is 118 Å². The Morgan fingerprint density at radius 3 is 2.79 bits per heavy atom. The molecule has 19 heavy (non-hydrogen) atoms. The Hall–Kier alpha value is -1.20. The Balaban J connectivity index is 2.45. The van der Waals surface area contributed by atoms with E-state index in [4.69, 9.17) is 9.47 Å². The summed E-state index contributed by atoms with van der Waals surface area (Å²) in [4.78, 5) is 12.9. The number of methoxy groups -OCH3 is 2. The van der Waals surface area contributed by atoms with Crippen molar-refractivity contribution in [3.8, 4) is 5.75 Å². The number of carbonyl (C=O) groups is 1. The summed E-state index contributed by atoms with van der Waals surface area (Å²) >= 11 is 1.50. The van der Waals surface area contributed by atoms with Gasteiger partial charge in [-0.05, 0) is 25.5 Å². The second-order valence-corrected chi connectivity index (χ2v) is 5.43. The molecule has 0 aliphatic rings. The normalized spacial score (nSPS) is 11.9. The van der Waals surface area contributed by atoms with E-state index in [1.165, 1.54) is 11.8 Å². The molecule has 0 heterocycles. The molecule has 4 nitrogen and oxygen atoms in total. The molecule has 1 aromatic rings. The maximum atomic E-state index is 11.9. The number of hydrogen-bond acceptors (Lipinski definition) is 4. The van der Waals surface area contributed by atoms with E-state index in [0.717, 1.165) is 17.1 Å². The van der Waals surface area contributed by atoms with Crippen molar-refractivity contribution in [3.05, 3.63) is 24.3 Å². The first-order chi connectivity index (χ1) is 9.19. The molecule has 0 aliphatic carbocycles. The lowest BCUT2D eigenvalue weighted by Gasteiger charge is -2.13. The van der Waals surface area contributed by atoms with Gasteiger partial charge in [0.15, 0.2) is 0 Å². The average Bonchev–Trinajstić information content (AvgIpc) is 2.44. The van der Waals surface area contributed by atoms with Gasteiger partial charge in [0.25, 0.3) is 0 Å². The number of amides is 1. The molecule has 1 rings (SSSR count). The minimum absolute atomic E-state index is 0.0343. The van der Waals surface area contributed by atoms with Crippen LogP contribution in [0.25, 0.3) is 0 Å². The van der Waals surface area contributed by atoms with Gasteiger partial charge in [-0.25, -0.2) is 0 Å². The van der Waals surface area contributed by atoms with Gasteiger partial charge in [-0.3, -0.25) is 4.79 Å². The second-order valence-electron chi connectivity index (χ2n) is 4.05. The largest absolute Gasteiger partial charge is 0.496 e. The number of thioether (sulfide) groups is 1. The van der Waals surface area contributed by atoms with Crippen LogP contribution in [-0.4, -0.2) is 38.5 Å². The van der Waals surface area contributed by atoms with E-state index in [2.05, 4.69) is 5.32 Å². The molecule has 0 fully saturated rings. The third-order valence-electron chi connectivity index (χ3n) is 2.57. The smallest absolute Gasteiger partial charge is 0.233 e. The van der Waals surface area contributed by atoms with Crippen molar-refractivity contribution in [2.24, 2.45) is 0 Å². The Bertz CT molecular complexity index is 398. The molecule has 106 valence electrons. The van der Waals surface area contributed by atoms with Gasteiger partial charge >= 0.3 is 0 Å². The van der Waals surface area contributed by atoms with Crippen LogP contribution in [-0.2, 0) is 9.53 Å². The van der Waals surface area contributed by atoms with Crippen LogP contribution in [0.2, 0.25) is 0 Å². The molecule has 1 aromatic carbocycles. The highest BCUT2D eigenvalue weighted by molar-refractivity contribution is 8.00. The number of hydrogen-bond donors (Lipinski definition) is 1. The molecule has 1 N–H and O–H groups in total. The fraction of sp³-hybridized carbons (Fsp3) is 0.500. The van der Waals surface area contributed by atoms with Gasteiger partial charge in [-0.2, -0.15) is 0 Å². The number of nitrogens with one attached hydrogen (secondary N) is 1. The minimum Gasteiger partial charge on any atom is -0.496 e. The maximum Gasteiger partial charge on any atom is 0.233 e. The zero-order valence-corrected chi connectivity index (χ0v) is 12.5. The highest BCUT2D eigenvalue weighted by Crippen LogP contribution is 2.31. The van der Waals surface area contributed by atoms with Gasteiger partial charge in [0.2, 0.25) is 5.91 Å². The Kier molecular flexibility index (Phi) is 7.36. The van der Waals surface area contributed by atoms with Crippen molar-refractivity contribution in [1.29, 1.82) is 0 Å². The molecule has 0 saturated heterocycles. The third kappa shape index (κ3) is 5.53. The average molecular weight is 283 g/mol. The van der Waals surface area contributed by atoms with E-state index in [1.807, 2.05) is 31.2 Å². The lowest BCUT2D eigenvalue weighted by atomic mass is 10.3. The van der Waals surface area contributed by atoms with Gasteiger partial charge < -0.3 is 14.8 Å². The van der Waals surface area contributed by atoms with Crippen molar-refractivity contribution >= 4 is 17.7 Å². The van der Waals surface area contributed by atoms with E-state index in [-0.39, 0.29) is 11.2 Å². The first-order valence-electron chi connectivity index (χ1n) is 6.25. The number of carbonyl (C=O) groups excluding carboxylic acids is 1. The predicted molar refractivity (Wildman–Crippen MR) is 77.8 cm³/mol. The molecular formula is C14H21NO3S. The van der Waals surface area contributed by atoms with Gasteiger partial charge in [0, 0.05) is 20.3 Å². The molecule has 0 bridgehead atoms. The van der Waals surface area contributed by atoms with Gasteiger partial charge in [0.05, 0.1) is 17.3 Å². The third-order valence-corrected chi connectivity index (χ3v) is 3.73. The van der Waals surface area contributed by atoms with E-state index in [9.17, 15) is 4.79 Å². The van der Waals surface area contributed by atoms with E-state index < -0.39 is 0 Å². The lowest BCUT2D eigenvalue weighted by molar-refractivity contribution is -0.120. The summed E-state index contributed by atoms with van der Waals surface area (Å²) in [6.07, 6.45) is 0.828. The van der Waals surface area contributed by atoms with Gasteiger partial charge in [-0.1, -0.05) is 12.1 Å². The van der Waals surface area contributed by atoms with Crippen LogP contribution < -0.4 is 10.1 Å². The summed E-state index contributed by atoms with van der Waals surface area (Å²) in [5.74, 6) is 0.832. The number of benzene rings is 1. The van der Waals surface area contributed by atoms with E-state index >= 15 is 0 Å². The Morgan fingerprint density at radius 2 is 2.11 bits per heavy atom. The van der Waals surface area contributed by atoms with Crippen molar-refractivity contribution < 1.29 is 14.3 Å². The van der Waals surface area contributed by atoms with Crippen LogP contribution in [0.15, 0.2) is 29.2 Å². The van der Waals surface area contributed by atoms with E-state index in [1.54, 1.807) is 14.2 Å². The van der Waals surface area contributed by atoms with Gasteiger partial charge in [-0.15, -0.1) is 11.8 Å². The fourth-order valence-corrected chi connectivity index (χ4v) is 2.53. The molecule has 0 spiro atoms. The van der Waals surface area contributed by atoms with Crippen molar-refractivity contribution in [2.75, 3.05) is 27.4 Å². The molecule has 0 aliphatic heterocycles. The molecule has 0 saturated carbocycles. The zero-order valence-electron chi connectivity index (χ0n) is 11.6. The van der Waals surface area contributed by atoms with Gasteiger partial charge in [0.1, 0.15) is 5.75 Å². The number of rotatable bonds is 8. The zero-order chi connectivity index (χ0) is 14.1. The first kappa shape index (κ1) is 15.9. The number of ether oxygens (including phenoxy) is 2. The number of para-hydroxylation sites is 1. The molecule has 1 amide bonds. The van der Waals surface area contributed by atoms with Crippen LogP contribution in [0.5, 0.6) is 5.75 Å². The van der Waals surface area contributed by atoms with Crippen molar-refractivity contribution in [1.82, 2.24) is 5.32 Å². The van der Waals surface area contributed by atoms with Crippen LogP contribution in [0.4, 0.5) is 0 Å². The summed E-state index contributed by atoms with van der Waals surface area (Å²) in [6.45, 7) is 3.20. The molecule has 5 heteroatoms. The lowest BCUT2D eigenvalue weighted by Crippen LogP contribution is -2.32. The molecule has 1 atom stereocenters. The van der Waals surface area contributed by atoms with Crippen LogP contribution in [0.3, 0.4) is 0 Å². The predicted octanol–water partition coefficient (Wildman–Crippen LogP) is 2.33. The summed E-state index contributed by atoms with van der Waals surface area (Å²) in [5, 5.41) is 2.74. The molecule has 0 aromatic heterocycles. The summed E-state index contributed by atoms with van der Waals surface area (Å²) in [6, 6.07) is 7.70. The topological polar surface area (TPSA) is 47.6 Å². The monoisotopic (exact) mass is 283 g/mol. The van der Waals surface area contributed by atoms with Crippen LogP contribution in [0.1, 0.15) is 13.3 Å². The molecule has 0 radical (unpaired) electrons. The highest BCUT2D eigenvalue weighted by atomic mass is 32.2. The fourth-order valence-electron chi connectivity index (χ4n) is 1.53. The SMILES string of the molecule is COCCCNC(=O)C(C)Sc1ccccc1OC. The van der Waals surface area contributed by atoms with Crippen LogP contribution in [0, 0.1) is 0 Å². The van der Waals surface area contributed by atoms with Crippen LogP contribution >= 0.6 is 11.8 Å². The Morgan fingerprint density at radius 1 is 1.37 bits per heavy atom. The molecule has 1 unspecified atom stereocenters. The summed E-state index contributed by atoms with van der Waals surface area (Å²) < 4.78 is 10.2. The minimum atomic E-state index is -0.154. The summed E-state index contributed by atoms with van der Waals surface area (Å²) in [7, 11) is 3.29. The molecular weight excluding hydrogens is 262 g/mol. The standard InChI is InChI=1S/C14H21NO3S/c1-11(14(16)15-9-6-10-17-2)19-13-8-5-4-7-12(13)18-3/h4-5,7-8,11H,6,9-10H2,1-3H3,(H,15,16). The van der Waals surface area contributed by atoms with Crippen molar-refractivity contribution in [3.63, 3.8) is 0 Å². The van der Waals surface area contributed by atoms with Crippen molar-refractivity contribution in [2.45, 2.75) is 23.5 Å². The van der Waals surface area contributed by atoms with E-state index in [0.29, 0.717) is 13.2 Å². The maximum absolute atomic E-state index is 11.9. The summed E-state index contributed by atoms with van der Waals surface area (Å²) in [5.41, 5.74) is 0. The quantitative estimate of drug-likeness (QED) is 0.587. The highest BCUT2D eigenvalue weighted by Gasteiger charge is 2.15. The first-order valence-corrected chi connectivity index (χ1v) is 7.13.